The van der Waals surface area contributed by atoms with Crippen LogP contribution in [0.2, 0.25) is 0 Å². The van der Waals surface area contributed by atoms with Gasteiger partial charge in [-0.1, -0.05) is 11.3 Å². The summed E-state index contributed by atoms with van der Waals surface area (Å²) in [5, 5.41) is 0.234. The predicted octanol–water partition coefficient (Wildman–Crippen LogP) is 3.81. The number of aromatic nitrogens is 1. The number of hydrogen-bond donors (Lipinski definition) is 0. The van der Waals surface area contributed by atoms with Crippen LogP contribution >= 0.6 is 11.3 Å². The molecule has 0 radical (unpaired) electrons. The quantitative estimate of drug-likeness (QED) is 0.474. The predicted molar refractivity (Wildman–Crippen MR) is 126 cm³/mol. The van der Waals surface area contributed by atoms with Crippen molar-refractivity contribution in [3.8, 4) is 0 Å². The molecule has 1 amide bonds. The molecular formula is C22H26F2N4O3S2. The first-order chi connectivity index (χ1) is 15.4. The molecule has 0 unspecified atom stereocenters. The number of halogens is 2. The summed E-state index contributed by atoms with van der Waals surface area (Å²) in [5.41, 5.74) is 0.253. The molecular weight excluding hydrogens is 470 g/mol. The molecule has 0 spiro atoms. The minimum atomic E-state index is -3.69. The number of likely N-dealkylation sites (N-methyl/N-ethyl adjacent to an activating group) is 1. The number of rotatable bonds is 8. The van der Waals surface area contributed by atoms with Gasteiger partial charge in [-0.05, 0) is 58.3 Å². The Morgan fingerprint density at radius 2 is 1.70 bits per heavy atom. The van der Waals surface area contributed by atoms with E-state index in [1.807, 2.05) is 19.0 Å². The topological polar surface area (TPSA) is 73.8 Å². The Bertz CT molecular complexity index is 1260. The molecule has 3 rings (SSSR count). The summed E-state index contributed by atoms with van der Waals surface area (Å²) in [4.78, 5) is 20.9. The van der Waals surface area contributed by atoms with Gasteiger partial charge in [-0.2, -0.15) is 4.31 Å². The second-order valence-corrected chi connectivity index (χ2v) is 11.1. The fourth-order valence-corrected chi connectivity index (χ4v) is 5.41. The SMILES string of the molecule is CC(C)N(C)S(=O)(=O)c1ccc(C(=O)N(CCN(C)C)c2nc3c(F)cc(F)cc3s2)cc1. The summed E-state index contributed by atoms with van der Waals surface area (Å²) in [6, 6.07) is 7.38. The highest BCUT2D eigenvalue weighted by molar-refractivity contribution is 7.89. The Morgan fingerprint density at radius 3 is 2.27 bits per heavy atom. The van der Waals surface area contributed by atoms with Gasteiger partial charge in [0, 0.05) is 37.8 Å². The maximum atomic E-state index is 14.2. The van der Waals surface area contributed by atoms with Crippen molar-refractivity contribution < 1.29 is 22.0 Å². The van der Waals surface area contributed by atoms with E-state index in [1.165, 1.54) is 46.6 Å². The first kappa shape index (κ1) is 25.2. The lowest BCUT2D eigenvalue weighted by Crippen LogP contribution is -2.37. The molecule has 33 heavy (non-hydrogen) atoms. The standard InChI is InChI=1S/C22H26F2N4O3S2/c1-14(2)27(5)33(30,31)17-8-6-15(7-9-17)21(29)28(11-10-26(3)4)22-25-20-18(24)12-16(23)13-19(20)32-22/h6-9,12-14H,10-11H2,1-5H3. The van der Waals surface area contributed by atoms with Crippen LogP contribution in [0.15, 0.2) is 41.3 Å². The van der Waals surface area contributed by atoms with Crippen molar-refractivity contribution in [1.82, 2.24) is 14.2 Å². The number of thiazole rings is 1. The number of hydrogen-bond acceptors (Lipinski definition) is 6. The van der Waals surface area contributed by atoms with Gasteiger partial charge in [-0.15, -0.1) is 0 Å². The number of carbonyl (C=O) groups is 1. The number of sulfonamides is 1. The van der Waals surface area contributed by atoms with Gasteiger partial charge in [0.05, 0.1) is 9.60 Å². The third-order valence-corrected chi connectivity index (χ3v) is 8.23. The molecule has 2 aromatic carbocycles. The van der Waals surface area contributed by atoms with Crippen molar-refractivity contribution in [3.63, 3.8) is 0 Å². The van der Waals surface area contributed by atoms with Crippen molar-refractivity contribution in [2.45, 2.75) is 24.8 Å². The highest BCUT2D eigenvalue weighted by Crippen LogP contribution is 2.32. The van der Waals surface area contributed by atoms with E-state index in [4.69, 9.17) is 0 Å². The zero-order valence-corrected chi connectivity index (χ0v) is 20.7. The van der Waals surface area contributed by atoms with Crippen molar-refractivity contribution in [3.05, 3.63) is 53.6 Å². The maximum Gasteiger partial charge on any atom is 0.260 e. The molecule has 0 aliphatic carbocycles. The maximum absolute atomic E-state index is 14.2. The largest absolute Gasteiger partial charge is 0.308 e. The minimum Gasteiger partial charge on any atom is -0.308 e. The lowest BCUT2D eigenvalue weighted by Gasteiger charge is -2.23. The van der Waals surface area contributed by atoms with E-state index in [0.29, 0.717) is 11.2 Å². The molecule has 178 valence electrons. The van der Waals surface area contributed by atoms with Crippen molar-refractivity contribution >= 4 is 42.6 Å². The van der Waals surface area contributed by atoms with E-state index in [2.05, 4.69) is 4.98 Å². The van der Waals surface area contributed by atoms with Crippen LogP contribution in [-0.2, 0) is 10.0 Å². The molecule has 1 aromatic heterocycles. The summed E-state index contributed by atoms with van der Waals surface area (Å²) >= 11 is 1.02. The van der Waals surface area contributed by atoms with Crippen LogP contribution in [0.1, 0.15) is 24.2 Å². The van der Waals surface area contributed by atoms with Crippen LogP contribution in [0.5, 0.6) is 0 Å². The van der Waals surface area contributed by atoms with E-state index in [0.717, 1.165) is 17.4 Å². The van der Waals surface area contributed by atoms with Gasteiger partial charge in [0.1, 0.15) is 11.3 Å². The van der Waals surface area contributed by atoms with Gasteiger partial charge < -0.3 is 4.90 Å². The van der Waals surface area contributed by atoms with E-state index in [9.17, 15) is 22.0 Å². The monoisotopic (exact) mass is 496 g/mol. The molecule has 0 N–H and O–H groups in total. The average Bonchev–Trinajstić information content (AvgIpc) is 3.17. The smallest absolute Gasteiger partial charge is 0.260 e. The van der Waals surface area contributed by atoms with Gasteiger partial charge in [0.2, 0.25) is 10.0 Å². The molecule has 0 saturated carbocycles. The van der Waals surface area contributed by atoms with Crippen molar-refractivity contribution in [2.24, 2.45) is 0 Å². The Hall–Kier alpha value is -2.47. The second kappa shape index (κ2) is 9.80. The molecule has 11 heteroatoms. The van der Waals surface area contributed by atoms with Gasteiger partial charge in [0.15, 0.2) is 10.9 Å². The molecule has 7 nitrogen and oxygen atoms in total. The highest BCUT2D eigenvalue weighted by Gasteiger charge is 2.26. The minimum absolute atomic E-state index is 0.00258. The van der Waals surface area contributed by atoms with Crippen molar-refractivity contribution in [1.29, 1.82) is 0 Å². The lowest BCUT2D eigenvalue weighted by molar-refractivity contribution is 0.0985. The Balaban J connectivity index is 1.97. The molecule has 1 heterocycles. The van der Waals surface area contributed by atoms with E-state index in [-0.39, 0.29) is 33.7 Å². The van der Waals surface area contributed by atoms with E-state index >= 15 is 0 Å². The Kier molecular flexibility index (Phi) is 7.47. The molecule has 0 aliphatic heterocycles. The number of amides is 1. The number of nitrogens with zero attached hydrogens (tertiary/aromatic N) is 4. The van der Waals surface area contributed by atoms with Crippen LogP contribution in [-0.4, -0.2) is 68.8 Å². The number of carbonyl (C=O) groups excluding carboxylic acids is 1. The molecule has 0 atom stereocenters. The summed E-state index contributed by atoms with van der Waals surface area (Å²) < 4.78 is 54.7. The second-order valence-electron chi connectivity index (χ2n) is 8.13. The first-order valence-electron chi connectivity index (χ1n) is 10.2. The Morgan fingerprint density at radius 1 is 1.06 bits per heavy atom. The fourth-order valence-electron chi connectivity index (χ4n) is 3.01. The zero-order valence-electron chi connectivity index (χ0n) is 19.0. The van der Waals surface area contributed by atoms with E-state index in [1.54, 1.807) is 13.8 Å². The highest BCUT2D eigenvalue weighted by atomic mass is 32.2. The summed E-state index contributed by atoms with van der Waals surface area (Å²) in [5.74, 6) is -1.93. The third-order valence-electron chi connectivity index (χ3n) is 5.15. The molecule has 0 aliphatic rings. The number of anilines is 1. The first-order valence-corrected chi connectivity index (χ1v) is 12.5. The summed E-state index contributed by atoms with van der Waals surface area (Å²) in [7, 11) is 1.51. The van der Waals surface area contributed by atoms with Crippen LogP contribution in [0.4, 0.5) is 13.9 Å². The summed E-state index contributed by atoms with van der Waals surface area (Å²) in [6.45, 7) is 4.30. The van der Waals surface area contributed by atoms with Crippen LogP contribution in [0.3, 0.4) is 0 Å². The zero-order chi connectivity index (χ0) is 24.5. The van der Waals surface area contributed by atoms with E-state index < -0.39 is 27.6 Å². The molecule has 0 fully saturated rings. The summed E-state index contributed by atoms with van der Waals surface area (Å²) in [6.07, 6.45) is 0. The third kappa shape index (κ3) is 5.37. The van der Waals surface area contributed by atoms with Gasteiger partial charge >= 0.3 is 0 Å². The normalized spacial score (nSPS) is 12.3. The lowest BCUT2D eigenvalue weighted by atomic mass is 10.2. The number of benzene rings is 2. The van der Waals surface area contributed by atoms with Crippen molar-refractivity contribution in [2.75, 3.05) is 39.1 Å². The molecule has 0 bridgehead atoms. The van der Waals surface area contributed by atoms with Gasteiger partial charge in [-0.25, -0.2) is 22.2 Å². The van der Waals surface area contributed by atoms with Gasteiger partial charge in [0.25, 0.3) is 5.91 Å². The van der Waals surface area contributed by atoms with Gasteiger partial charge in [-0.3, -0.25) is 9.69 Å². The molecule has 3 aromatic rings. The van der Waals surface area contributed by atoms with Crippen LogP contribution in [0.25, 0.3) is 10.2 Å². The van der Waals surface area contributed by atoms with Crippen LogP contribution in [0, 0.1) is 11.6 Å². The average molecular weight is 497 g/mol. The molecule has 0 saturated heterocycles. The van der Waals surface area contributed by atoms with Crippen LogP contribution < -0.4 is 4.90 Å². The number of fused-ring (bicyclic) bond motifs is 1. The Labute approximate surface area is 196 Å². The fraction of sp³-hybridized carbons (Fsp3) is 0.364.